The highest BCUT2D eigenvalue weighted by Gasteiger charge is 2.34. The van der Waals surface area contributed by atoms with Gasteiger partial charge in [-0.2, -0.15) is 18.3 Å². The quantitative estimate of drug-likeness (QED) is 0.486. The third-order valence-electron chi connectivity index (χ3n) is 7.21. The molecule has 3 aromatic rings. The number of halogens is 3. The first-order valence-corrected chi connectivity index (χ1v) is 11.9. The molecular weight excluding hydrogens is 441 g/mol. The van der Waals surface area contributed by atoms with Gasteiger partial charge in [-0.1, -0.05) is 12.1 Å². The number of alkyl halides is 3. The highest BCUT2D eigenvalue weighted by molar-refractivity contribution is 5.92. The predicted molar refractivity (Wildman–Crippen MR) is 126 cm³/mol. The molecule has 3 unspecified atom stereocenters. The number of nitrogens with one attached hydrogen (secondary N) is 1. The summed E-state index contributed by atoms with van der Waals surface area (Å²) in [4.78, 5) is 2.56. The van der Waals surface area contributed by atoms with E-state index >= 15 is 0 Å². The zero-order chi connectivity index (χ0) is 23.9. The van der Waals surface area contributed by atoms with Gasteiger partial charge in [0.2, 0.25) is 0 Å². The smallest absolute Gasteiger partial charge is 0.416 e. The Morgan fingerprint density at radius 2 is 2.00 bits per heavy atom. The molecule has 0 bridgehead atoms. The molecule has 3 heterocycles. The Kier molecular flexibility index (Phi) is 6.10. The number of ether oxygens (including phenoxy) is 1. The molecule has 2 aliphatic heterocycles. The molecule has 180 valence electrons. The van der Waals surface area contributed by atoms with Crippen molar-refractivity contribution in [3.63, 3.8) is 0 Å². The van der Waals surface area contributed by atoms with Gasteiger partial charge in [-0.05, 0) is 81.5 Å². The molecule has 0 radical (unpaired) electrons. The van der Waals surface area contributed by atoms with Crippen LogP contribution in [0.2, 0.25) is 0 Å². The summed E-state index contributed by atoms with van der Waals surface area (Å²) in [7, 11) is 0. The van der Waals surface area contributed by atoms with Crippen molar-refractivity contribution < 1.29 is 17.9 Å². The van der Waals surface area contributed by atoms with Crippen molar-refractivity contribution in [1.82, 2.24) is 15.1 Å². The predicted octanol–water partition coefficient (Wildman–Crippen LogP) is 6.14. The molecule has 2 aromatic carbocycles. The highest BCUT2D eigenvalue weighted by atomic mass is 19.4. The van der Waals surface area contributed by atoms with E-state index in [1.807, 2.05) is 25.1 Å². The first-order chi connectivity index (χ1) is 16.3. The summed E-state index contributed by atoms with van der Waals surface area (Å²) in [5, 5.41) is 13.3. The minimum atomic E-state index is -4.39. The Morgan fingerprint density at radius 3 is 2.82 bits per heavy atom. The standard InChI is InChI=1S/C26H29F3N4O/c1-16-22(6-3-7-24(16)26(27,28)29)17(2)31-25-23-14-20(9-8-18(23)15-30-32-25)34-21-10-12-33-11-4-5-19(33)13-21/h3,6-9,14-15,17,19,21H,4-5,10-13H2,1-2H3,(H,31,32). The summed E-state index contributed by atoms with van der Waals surface area (Å²) >= 11 is 0. The molecule has 2 fully saturated rings. The Hall–Kier alpha value is -2.87. The van der Waals surface area contributed by atoms with Crippen molar-refractivity contribution in [1.29, 1.82) is 0 Å². The number of hydrogen-bond acceptors (Lipinski definition) is 5. The highest BCUT2D eigenvalue weighted by Crippen LogP contribution is 2.36. The van der Waals surface area contributed by atoms with Gasteiger partial charge in [-0.3, -0.25) is 0 Å². The van der Waals surface area contributed by atoms with Crippen molar-refractivity contribution in [3.05, 3.63) is 59.3 Å². The third-order valence-corrected chi connectivity index (χ3v) is 7.21. The molecule has 0 saturated carbocycles. The van der Waals surface area contributed by atoms with Crippen LogP contribution in [0.4, 0.5) is 19.0 Å². The Labute approximate surface area is 197 Å². The Balaban J connectivity index is 1.38. The van der Waals surface area contributed by atoms with E-state index in [-0.39, 0.29) is 11.7 Å². The van der Waals surface area contributed by atoms with Crippen LogP contribution in [0.15, 0.2) is 42.6 Å². The fraction of sp³-hybridized carbons (Fsp3) is 0.462. The molecular formula is C26H29F3N4O. The number of anilines is 1. The summed E-state index contributed by atoms with van der Waals surface area (Å²) < 4.78 is 46.5. The average molecular weight is 471 g/mol. The zero-order valence-corrected chi connectivity index (χ0v) is 19.4. The average Bonchev–Trinajstić information content (AvgIpc) is 3.27. The van der Waals surface area contributed by atoms with Gasteiger partial charge < -0.3 is 15.0 Å². The fourth-order valence-corrected chi connectivity index (χ4v) is 5.44. The monoisotopic (exact) mass is 470 g/mol. The van der Waals surface area contributed by atoms with Crippen molar-refractivity contribution in [2.45, 2.75) is 63.9 Å². The van der Waals surface area contributed by atoms with E-state index in [1.165, 1.54) is 32.4 Å². The van der Waals surface area contributed by atoms with E-state index < -0.39 is 17.8 Å². The van der Waals surface area contributed by atoms with Gasteiger partial charge >= 0.3 is 6.18 Å². The van der Waals surface area contributed by atoms with Crippen LogP contribution in [0.25, 0.3) is 10.8 Å². The Morgan fingerprint density at radius 1 is 1.15 bits per heavy atom. The van der Waals surface area contributed by atoms with Crippen LogP contribution in [-0.4, -0.2) is 40.3 Å². The molecule has 2 aliphatic rings. The number of hydrogen-bond donors (Lipinski definition) is 1. The lowest BCUT2D eigenvalue weighted by Gasteiger charge is -2.34. The molecule has 0 aliphatic carbocycles. The number of fused-ring (bicyclic) bond motifs is 2. The minimum absolute atomic E-state index is 0.190. The number of aromatic nitrogens is 2. The van der Waals surface area contributed by atoms with E-state index in [0.717, 1.165) is 42.0 Å². The maximum atomic E-state index is 13.4. The molecule has 5 rings (SSSR count). The van der Waals surface area contributed by atoms with Gasteiger partial charge in [-0.15, -0.1) is 5.10 Å². The first kappa shape index (κ1) is 22.9. The van der Waals surface area contributed by atoms with Crippen molar-refractivity contribution >= 4 is 16.6 Å². The van der Waals surface area contributed by atoms with Crippen LogP contribution >= 0.6 is 0 Å². The lowest BCUT2D eigenvalue weighted by Crippen LogP contribution is -2.42. The van der Waals surface area contributed by atoms with Crippen LogP contribution in [0.1, 0.15) is 55.3 Å². The molecule has 1 N–H and O–H groups in total. The van der Waals surface area contributed by atoms with Crippen molar-refractivity contribution in [3.8, 4) is 5.75 Å². The molecule has 0 amide bonds. The number of piperidine rings is 1. The van der Waals surface area contributed by atoms with Crippen molar-refractivity contribution in [2.75, 3.05) is 18.4 Å². The molecule has 0 spiro atoms. The molecule has 5 nitrogen and oxygen atoms in total. The summed E-state index contributed by atoms with van der Waals surface area (Å²) in [5.41, 5.74) is 0.168. The van der Waals surface area contributed by atoms with E-state index in [1.54, 1.807) is 12.3 Å². The Bertz CT molecular complexity index is 1180. The van der Waals surface area contributed by atoms with Crippen LogP contribution in [-0.2, 0) is 6.18 Å². The van der Waals surface area contributed by atoms with Crippen LogP contribution in [0.5, 0.6) is 5.75 Å². The molecule has 2 saturated heterocycles. The largest absolute Gasteiger partial charge is 0.490 e. The summed E-state index contributed by atoms with van der Waals surface area (Å²) in [5.74, 6) is 1.31. The number of rotatable bonds is 5. The van der Waals surface area contributed by atoms with E-state index in [2.05, 4.69) is 20.4 Å². The topological polar surface area (TPSA) is 50.3 Å². The normalized spacial score (nSPS) is 21.9. The maximum Gasteiger partial charge on any atom is 0.416 e. The zero-order valence-electron chi connectivity index (χ0n) is 19.4. The number of nitrogens with zero attached hydrogens (tertiary/aromatic N) is 3. The summed E-state index contributed by atoms with van der Waals surface area (Å²) in [6, 6.07) is 10.4. The van der Waals surface area contributed by atoms with Gasteiger partial charge in [0.15, 0.2) is 5.82 Å². The molecule has 8 heteroatoms. The lowest BCUT2D eigenvalue weighted by molar-refractivity contribution is -0.138. The molecule has 34 heavy (non-hydrogen) atoms. The van der Waals surface area contributed by atoms with Gasteiger partial charge in [0, 0.05) is 23.4 Å². The minimum Gasteiger partial charge on any atom is -0.490 e. The number of benzene rings is 2. The van der Waals surface area contributed by atoms with Gasteiger partial charge in [0.25, 0.3) is 0 Å². The lowest BCUT2D eigenvalue weighted by atomic mass is 9.97. The fourth-order valence-electron chi connectivity index (χ4n) is 5.44. The summed E-state index contributed by atoms with van der Waals surface area (Å²) in [6.45, 7) is 5.62. The van der Waals surface area contributed by atoms with Gasteiger partial charge in [0.1, 0.15) is 11.9 Å². The molecule has 3 atom stereocenters. The third kappa shape index (κ3) is 4.56. The van der Waals surface area contributed by atoms with E-state index in [0.29, 0.717) is 17.4 Å². The maximum absolute atomic E-state index is 13.4. The second-order valence-electron chi connectivity index (χ2n) is 9.42. The van der Waals surface area contributed by atoms with E-state index in [9.17, 15) is 13.2 Å². The summed E-state index contributed by atoms with van der Waals surface area (Å²) in [6.07, 6.45) is 2.05. The second-order valence-corrected chi connectivity index (χ2v) is 9.42. The van der Waals surface area contributed by atoms with Gasteiger partial charge in [-0.25, -0.2) is 0 Å². The van der Waals surface area contributed by atoms with Crippen LogP contribution < -0.4 is 10.1 Å². The molecule has 1 aromatic heterocycles. The van der Waals surface area contributed by atoms with Crippen LogP contribution in [0.3, 0.4) is 0 Å². The first-order valence-electron chi connectivity index (χ1n) is 11.9. The van der Waals surface area contributed by atoms with E-state index in [4.69, 9.17) is 4.74 Å². The van der Waals surface area contributed by atoms with Crippen molar-refractivity contribution in [2.24, 2.45) is 0 Å². The SMILES string of the molecule is Cc1c(C(C)Nc2nncc3ccc(OC4CCN5CCCC5C4)cc23)cccc1C(F)(F)F. The van der Waals surface area contributed by atoms with Crippen LogP contribution in [0, 0.1) is 6.92 Å². The second kappa shape index (κ2) is 9.06. The van der Waals surface area contributed by atoms with Gasteiger partial charge in [0.05, 0.1) is 17.8 Å².